The zero-order valence-corrected chi connectivity index (χ0v) is 12.0. The molecule has 4 N–H and O–H groups in total. The van der Waals surface area contributed by atoms with Crippen LogP contribution in [0.2, 0.25) is 10.0 Å². The van der Waals surface area contributed by atoms with E-state index >= 15 is 0 Å². The summed E-state index contributed by atoms with van der Waals surface area (Å²) >= 11 is 15.2. The highest BCUT2D eigenvalue weighted by Crippen LogP contribution is 2.35. The Balaban J connectivity index is 2.25. The number of carbonyl (C=O) groups excluding carboxylic acids is 1. The minimum Gasteiger partial charge on any atom is -0.397 e. The van der Waals surface area contributed by atoms with Crippen molar-refractivity contribution in [2.45, 2.75) is 0 Å². The van der Waals surface area contributed by atoms with Gasteiger partial charge in [0.05, 0.1) is 15.7 Å². The van der Waals surface area contributed by atoms with Gasteiger partial charge in [0.25, 0.3) is 5.91 Å². The summed E-state index contributed by atoms with van der Waals surface area (Å²) < 4.78 is 0.663. The van der Waals surface area contributed by atoms with Crippen molar-refractivity contribution in [3.8, 4) is 0 Å². The van der Waals surface area contributed by atoms with Crippen molar-refractivity contribution in [2.24, 2.45) is 0 Å². The van der Waals surface area contributed by atoms with Gasteiger partial charge in [-0.05, 0) is 34.1 Å². The fourth-order valence-electron chi connectivity index (χ4n) is 1.35. The van der Waals surface area contributed by atoms with Crippen molar-refractivity contribution >= 4 is 56.4 Å². The summed E-state index contributed by atoms with van der Waals surface area (Å²) in [5.41, 5.74) is 6.79. The Morgan fingerprint density at radius 1 is 1.33 bits per heavy atom. The lowest BCUT2D eigenvalue weighted by Crippen LogP contribution is -2.12. The van der Waals surface area contributed by atoms with E-state index in [2.05, 4.69) is 26.2 Å². The van der Waals surface area contributed by atoms with Gasteiger partial charge in [-0.3, -0.25) is 4.79 Å². The van der Waals surface area contributed by atoms with E-state index in [1.807, 2.05) is 0 Å². The summed E-state index contributed by atoms with van der Waals surface area (Å²) in [6.07, 6.45) is 1.53. The van der Waals surface area contributed by atoms with Crippen molar-refractivity contribution in [1.82, 2.24) is 4.98 Å². The predicted molar refractivity (Wildman–Crippen MR) is 77.3 cm³/mol. The Kier molecular flexibility index (Phi) is 3.85. The number of nitrogens with two attached hydrogens (primary N) is 1. The second-order valence-corrected chi connectivity index (χ2v) is 5.13. The quantitative estimate of drug-likeness (QED) is 0.720. The number of nitrogen functional groups attached to an aromatic ring is 1. The van der Waals surface area contributed by atoms with Gasteiger partial charge in [0.15, 0.2) is 0 Å². The topological polar surface area (TPSA) is 70.9 Å². The van der Waals surface area contributed by atoms with Gasteiger partial charge in [0.1, 0.15) is 5.69 Å². The van der Waals surface area contributed by atoms with Crippen LogP contribution in [0.25, 0.3) is 0 Å². The normalized spacial score (nSPS) is 10.4. The standard InChI is InChI=1S/C11H8BrCl2N3O/c12-6-1-2-7(10(14)9(6)13)17-11(18)8-3-5(15)4-16-8/h1-4,16H,15H2,(H,17,18). The SMILES string of the molecule is Nc1c[nH]c(C(=O)Nc2ccc(Br)c(Cl)c2Cl)c1. The maximum absolute atomic E-state index is 11.9. The molecule has 0 saturated heterocycles. The summed E-state index contributed by atoms with van der Waals surface area (Å²) in [6.45, 7) is 0. The number of amides is 1. The highest BCUT2D eigenvalue weighted by Gasteiger charge is 2.13. The van der Waals surface area contributed by atoms with Crippen molar-refractivity contribution < 1.29 is 4.79 Å². The molecule has 0 radical (unpaired) electrons. The molecule has 1 aromatic heterocycles. The number of hydrogen-bond acceptors (Lipinski definition) is 2. The largest absolute Gasteiger partial charge is 0.397 e. The average Bonchev–Trinajstić information content (AvgIpc) is 2.77. The first-order valence-electron chi connectivity index (χ1n) is 4.88. The summed E-state index contributed by atoms with van der Waals surface area (Å²) in [5.74, 6) is -0.341. The van der Waals surface area contributed by atoms with Gasteiger partial charge in [-0.2, -0.15) is 0 Å². The molecule has 4 nitrogen and oxygen atoms in total. The summed E-state index contributed by atoms with van der Waals surface area (Å²) in [5, 5.41) is 3.27. The van der Waals surface area contributed by atoms with E-state index in [0.29, 0.717) is 26.6 Å². The first kappa shape index (κ1) is 13.3. The molecule has 7 heteroatoms. The Labute approximate surface area is 122 Å². The average molecular weight is 349 g/mol. The van der Waals surface area contributed by atoms with Crippen molar-refractivity contribution in [3.05, 3.63) is 44.6 Å². The first-order chi connectivity index (χ1) is 8.49. The lowest BCUT2D eigenvalue weighted by Gasteiger charge is -2.08. The molecular formula is C11H8BrCl2N3O. The molecule has 0 bridgehead atoms. The van der Waals surface area contributed by atoms with Crippen LogP contribution >= 0.6 is 39.1 Å². The van der Waals surface area contributed by atoms with Gasteiger partial charge in [0, 0.05) is 16.4 Å². The third kappa shape index (κ3) is 2.63. The van der Waals surface area contributed by atoms with E-state index in [1.54, 1.807) is 12.1 Å². The van der Waals surface area contributed by atoms with Crippen LogP contribution in [0.1, 0.15) is 10.5 Å². The molecule has 18 heavy (non-hydrogen) atoms. The van der Waals surface area contributed by atoms with Crippen LogP contribution in [-0.4, -0.2) is 10.9 Å². The number of hydrogen-bond donors (Lipinski definition) is 3. The molecule has 0 saturated carbocycles. The van der Waals surface area contributed by atoms with E-state index < -0.39 is 0 Å². The predicted octanol–water partition coefficient (Wildman–Crippen LogP) is 3.92. The number of benzene rings is 1. The van der Waals surface area contributed by atoms with E-state index in [4.69, 9.17) is 28.9 Å². The Bertz CT molecular complexity index is 612. The second-order valence-electron chi connectivity index (χ2n) is 3.52. The maximum atomic E-state index is 11.9. The monoisotopic (exact) mass is 347 g/mol. The molecule has 0 atom stereocenters. The molecule has 0 fully saturated rings. The Morgan fingerprint density at radius 3 is 2.67 bits per heavy atom. The van der Waals surface area contributed by atoms with Gasteiger partial charge in [-0.25, -0.2) is 0 Å². The number of rotatable bonds is 2. The number of aromatic amines is 1. The molecule has 0 aliphatic carbocycles. The van der Waals surface area contributed by atoms with Crippen LogP contribution in [0.3, 0.4) is 0 Å². The van der Waals surface area contributed by atoms with E-state index in [-0.39, 0.29) is 10.9 Å². The summed E-state index contributed by atoms with van der Waals surface area (Å²) in [4.78, 5) is 14.6. The second kappa shape index (κ2) is 5.22. The number of halogens is 3. The minimum atomic E-state index is -0.341. The fourth-order valence-corrected chi connectivity index (χ4v) is 2.18. The Hall–Kier alpha value is -1.17. The highest BCUT2D eigenvalue weighted by molar-refractivity contribution is 9.10. The van der Waals surface area contributed by atoms with Crippen molar-refractivity contribution in [1.29, 1.82) is 0 Å². The lowest BCUT2D eigenvalue weighted by molar-refractivity contribution is 0.102. The van der Waals surface area contributed by atoms with E-state index in [9.17, 15) is 4.79 Å². The number of anilines is 2. The van der Waals surface area contributed by atoms with E-state index in [1.165, 1.54) is 12.3 Å². The molecule has 2 rings (SSSR count). The molecule has 0 unspecified atom stereocenters. The lowest BCUT2D eigenvalue weighted by atomic mass is 10.3. The van der Waals surface area contributed by atoms with E-state index in [0.717, 1.165) is 0 Å². The summed E-state index contributed by atoms with van der Waals surface area (Å²) in [7, 11) is 0. The van der Waals surface area contributed by atoms with Gasteiger partial charge >= 0.3 is 0 Å². The summed E-state index contributed by atoms with van der Waals surface area (Å²) in [6, 6.07) is 4.89. The molecule has 0 aliphatic rings. The molecule has 1 aromatic carbocycles. The van der Waals surface area contributed by atoms with Gasteiger partial charge in [-0.15, -0.1) is 0 Å². The molecule has 0 aliphatic heterocycles. The molecule has 2 aromatic rings. The Morgan fingerprint density at radius 2 is 2.06 bits per heavy atom. The number of nitrogens with one attached hydrogen (secondary N) is 2. The maximum Gasteiger partial charge on any atom is 0.272 e. The molecule has 0 spiro atoms. The van der Waals surface area contributed by atoms with Crippen molar-refractivity contribution in [2.75, 3.05) is 11.1 Å². The molecular weight excluding hydrogens is 341 g/mol. The van der Waals surface area contributed by atoms with Gasteiger partial charge in [-0.1, -0.05) is 23.2 Å². The first-order valence-corrected chi connectivity index (χ1v) is 6.42. The fraction of sp³-hybridized carbons (Fsp3) is 0. The van der Waals surface area contributed by atoms with Crippen LogP contribution in [0, 0.1) is 0 Å². The third-order valence-electron chi connectivity index (χ3n) is 2.23. The van der Waals surface area contributed by atoms with Crippen LogP contribution in [0.5, 0.6) is 0 Å². The van der Waals surface area contributed by atoms with Crippen LogP contribution in [0.4, 0.5) is 11.4 Å². The zero-order chi connectivity index (χ0) is 13.3. The van der Waals surface area contributed by atoms with Crippen LogP contribution < -0.4 is 11.1 Å². The van der Waals surface area contributed by atoms with Gasteiger partial charge in [0.2, 0.25) is 0 Å². The third-order valence-corrected chi connectivity index (χ3v) is 4.00. The van der Waals surface area contributed by atoms with Crippen molar-refractivity contribution in [3.63, 3.8) is 0 Å². The number of H-pyrrole nitrogens is 1. The van der Waals surface area contributed by atoms with Crippen LogP contribution in [0.15, 0.2) is 28.9 Å². The molecule has 94 valence electrons. The molecule has 1 heterocycles. The zero-order valence-electron chi connectivity index (χ0n) is 8.93. The minimum absolute atomic E-state index is 0.277. The number of carbonyl (C=O) groups is 1. The molecule has 1 amide bonds. The highest BCUT2D eigenvalue weighted by atomic mass is 79.9. The number of aromatic nitrogens is 1. The smallest absolute Gasteiger partial charge is 0.272 e. The van der Waals surface area contributed by atoms with Gasteiger partial charge < -0.3 is 16.0 Å². The van der Waals surface area contributed by atoms with Crippen LogP contribution in [-0.2, 0) is 0 Å².